The number of fused-ring (bicyclic) bond motifs is 1. The molecule has 216 valence electrons. The minimum atomic E-state index is -0.506. The van der Waals surface area contributed by atoms with E-state index in [2.05, 4.69) is 26.1 Å². The second-order valence-electron chi connectivity index (χ2n) is 10.5. The molecule has 3 N–H and O–H groups in total. The molecule has 0 radical (unpaired) electrons. The standard InChI is InChI=1S/C30H37N7O4/c1-20-33-28(35-41-20)21-8-5-9-22(16-21)30(39)32-18-24(31)17-27(38)36-13-6-10-23(19-36)29-34-25-11-3-4-12-26(25)37(29)14-7-15-40-2/h3-5,8-9,11-12,16,23-24H,6-7,10,13-15,17-19,31H2,1-2H3,(H,32,39)/t23-,24+/m1/s1. The molecular formula is C30H37N7O4. The van der Waals surface area contributed by atoms with Gasteiger partial charge in [-0.15, -0.1) is 0 Å². The number of nitrogens with zero attached hydrogens (tertiary/aromatic N) is 5. The number of aryl methyl sites for hydroxylation is 2. The van der Waals surface area contributed by atoms with E-state index in [0.717, 1.165) is 42.7 Å². The molecule has 0 aliphatic carbocycles. The van der Waals surface area contributed by atoms with E-state index in [1.54, 1.807) is 32.2 Å². The van der Waals surface area contributed by atoms with Gasteiger partial charge in [-0.1, -0.05) is 29.4 Å². The molecule has 1 saturated heterocycles. The summed E-state index contributed by atoms with van der Waals surface area (Å²) in [6.45, 7) is 4.69. The number of likely N-dealkylation sites (tertiary alicyclic amines) is 1. The highest BCUT2D eigenvalue weighted by Gasteiger charge is 2.29. The maximum atomic E-state index is 13.2. The Morgan fingerprint density at radius 3 is 2.85 bits per heavy atom. The van der Waals surface area contributed by atoms with E-state index in [1.165, 1.54) is 0 Å². The van der Waals surface area contributed by atoms with Gasteiger partial charge < -0.3 is 29.8 Å². The number of carbonyl (C=O) groups is 2. The zero-order valence-corrected chi connectivity index (χ0v) is 23.6. The van der Waals surface area contributed by atoms with E-state index in [1.807, 2.05) is 29.2 Å². The molecule has 2 amide bonds. The molecule has 1 fully saturated rings. The molecule has 0 unspecified atom stereocenters. The molecule has 11 nitrogen and oxygen atoms in total. The molecule has 5 rings (SSSR count). The third kappa shape index (κ3) is 6.80. The largest absolute Gasteiger partial charge is 0.385 e. The maximum absolute atomic E-state index is 13.2. The van der Waals surface area contributed by atoms with Crippen LogP contribution < -0.4 is 11.1 Å². The summed E-state index contributed by atoms with van der Waals surface area (Å²) >= 11 is 0. The number of piperidine rings is 1. The number of hydrogen-bond acceptors (Lipinski definition) is 8. The number of rotatable bonds is 11. The Bertz CT molecular complexity index is 1500. The van der Waals surface area contributed by atoms with Crippen LogP contribution in [0.2, 0.25) is 0 Å². The van der Waals surface area contributed by atoms with Crippen LogP contribution in [0.3, 0.4) is 0 Å². The van der Waals surface area contributed by atoms with Crippen molar-refractivity contribution in [2.75, 3.05) is 33.4 Å². The van der Waals surface area contributed by atoms with Gasteiger partial charge >= 0.3 is 0 Å². The topological polar surface area (TPSA) is 141 Å². The molecule has 2 aromatic heterocycles. The number of methoxy groups -OCH3 is 1. The molecule has 1 aliphatic heterocycles. The molecule has 4 aromatic rings. The molecule has 2 aromatic carbocycles. The molecule has 0 spiro atoms. The molecule has 11 heteroatoms. The zero-order valence-electron chi connectivity index (χ0n) is 23.6. The Morgan fingerprint density at radius 1 is 1.20 bits per heavy atom. The maximum Gasteiger partial charge on any atom is 0.251 e. The summed E-state index contributed by atoms with van der Waals surface area (Å²) in [4.78, 5) is 37.1. The highest BCUT2D eigenvalue weighted by molar-refractivity contribution is 5.95. The summed E-state index contributed by atoms with van der Waals surface area (Å²) in [7, 11) is 1.71. The fraction of sp³-hybridized carbons (Fsp3) is 0.433. The third-order valence-electron chi connectivity index (χ3n) is 7.43. The van der Waals surface area contributed by atoms with Crippen LogP contribution in [-0.2, 0) is 16.1 Å². The van der Waals surface area contributed by atoms with Crippen molar-refractivity contribution in [3.8, 4) is 11.4 Å². The van der Waals surface area contributed by atoms with E-state index < -0.39 is 6.04 Å². The number of hydrogen-bond donors (Lipinski definition) is 2. The van der Waals surface area contributed by atoms with E-state index in [-0.39, 0.29) is 30.7 Å². The Morgan fingerprint density at radius 2 is 2.05 bits per heavy atom. The highest BCUT2D eigenvalue weighted by Crippen LogP contribution is 2.30. The number of ether oxygens (including phenoxy) is 1. The van der Waals surface area contributed by atoms with Crippen LogP contribution in [0.15, 0.2) is 53.1 Å². The van der Waals surface area contributed by atoms with Gasteiger partial charge in [-0.05, 0) is 43.5 Å². The van der Waals surface area contributed by atoms with Crippen molar-refractivity contribution >= 4 is 22.8 Å². The molecule has 3 heterocycles. The van der Waals surface area contributed by atoms with Crippen LogP contribution in [0.25, 0.3) is 22.4 Å². The summed E-state index contributed by atoms with van der Waals surface area (Å²) in [6, 6.07) is 14.6. The quantitative estimate of drug-likeness (QED) is 0.267. The molecular weight excluding hydrogens is 522 g/mol. The average Bonchev–Trinajstić information content (AvgIpc) is 3.60. The summed E-state index contributed by atoms with van der Waals surface area (Å²) < 4.78 is 12.6. The normalized spacial score (nSPS) is 16.2. The van der Waals surface area contributed by atoms with Crippen LogP contribution in [0.5, 0.6) is 0 Å². The van der Waals surface area contributed by atoms with Gasteiger partial charge in [-0.3, -0.25) is 9.59 Å². The Kier molecular flexibility index (Phi) is 9.05. The average molecular weight is 560 g/mol. The Balaban J connectivity index is 1.17. The number of imidazole rings is 1. The van der Waals surface area contributed by atoms with Crippen LogP contribution in [0, 0.1) is 6.92 Å². The Hall–Kier alpha value is -4.09. The predicted octanol–water partition coefficient (Wildman–Crippen LogP) is 3.28. The van der Waals surface area contributed by atoms with Gasteiger partial charge in [0.05, 0.1) is 11.0 Å². The molecule has 1 aliphatic rings. The van der Waals surface area contributed by atoms with Gasteiger partial charge in [-0.2, -0.15) is 4.98 Å². The number of para-hydroxylation sites is 2. The number of nitrogens with two attached hydrogens (primary N) is 1. The first-order valence-corrected chi connectivity index (χ1v) is 14.1. The highest BCUT2D eigenvalue weighted by atomic mass is 16.5. The number of carbonyl (C=O) groups excluding carboxylic acids is 2. The van der Waals surface area contributed by atoms with Gasteiger partial charge in [0.1, 0.15) is 5.82 Å². The smallest absolute Gasteiger partial charge is 0.251 e. The van der Waals surface area contributed by atoms with E-state index in [4.69, 9.17) is 20.0 Å². The predicted molar refractivity (Wildman–Crippen MR) is 154 cm³/mol. The summed E-state index contributed by atoms with van der Waals surface area (Å²) in [5.74, 6) is 1.76. The lowest BCUT2D eigenvalue weighted by atomic mass is 9.96. The van der Waals surface area contributed by atoms with Gasteiger partial charge in [0, 0.05) is 76.3 Å². The molecule has 2 atom stereocenters. The van der Waals surface area contributed by atoms with Crippen LogP contribution in [0.4, 0.5) is 0 Å². The summed E-state index contributed by atoms with van der Waals surface area (Å²) in [5.41, 5.74) is 9.51. The van der Waals surface area contributed by atoms with Gasteiger partial charge in [0.25, 0.3) is 5.91 Å². The third-order valence-corrected chi connectivity index (χ3v) is 7.43. The van der Waals surface area contributed by atoms with Crippen LogP contribution >= 0.6 is 0 Å². The summed E-state index contributed by atoms with van der Waals surface area (Å²) in [6.07, 6.45) is 2.92. The number of benzene rings is 2. The first-order valence-electron chi connectivity index (χ1n) is 14.1. The van der Waals surface area contributed by atoms with Gasteiger partial charge in [0.15, 0.2) is 0 Å². The second-order valence-corrected chi connectivity index (χ2v) is 10.5. The van der Waals surface area contributed by atoms with Gasteiger partial charge in [0.2, 0.25) is 17.6 Å². The number of nitrogens with one attached hydrogen (secondary N) is 1. The van der Waals surface area contributed by atoms with E-state index in [9.17, 15) is 9.59 Å². The van der Waals surface area contributed by atoms with E-state index >= 15 is 0 Å². The van der Waals surface area contributed by atoms with Crippen molar-refractivity contribution in [3.05, 3.63) is 65.8 Å². The first-order chi connectivity index (χ1) is 19.9. The van der Waals surface area contributed by atoms with Crippen molar-refractivity contribution in [2.45, 2.75) is 51.1 Å². The molecule has 0 bridgehead atoms. The monoisotopic (exact) mass is 559 g/mol. The SMILES string of the molecule is COCCCn1c([C@@H]2CCCN(C(=O)C[C@H](N)CNC(=O)c3cccc(-c4noc(C)n4)c3)C2)nc2ccccc21. The van der Waals surface area contributed by atoms with Crippen molar-refractivity contribution in [1.82, 2.24) is 29.9 Å². The number of aromatic nitrogens is 4. The zero-order chi connectivity index (χ0) is 28.8. The van der Waals surface area contributed by atoms with Crippen molar-refractivity contribution in [2.24, 2.45) is 5.73 Å². The number of amides is 2. The first kappa shape index (κ1) is 28.4. The lowest BCUT2D eigenvalue weighted by Gasteiger charge is -2.33. The van der Waals surface area contributed by atoms with E-state index in [0.29, 0.717) is 42.5 Å². The minimum Gasteiger partial charge on any atom is -0.385 e. The van der Waals surface area contributed by atoms with Gasteiger partial charge in [-0.25, -0.2) is 4.98 Å². The van der Waals surface area contributed by atoms with Crippen LogP contribution in [0.1, 0.15) is 53.7 Å². The van der Waals surface area contributed by atoms with Crippen molar-refractivity contribution < 1.29 is 18.8 Å². The minimum absolute atomic E-state index is 0.00651. The molecule has 41 heavy (non-hydrogen) atoms. The fourth-order valence-electron chi connectivity index (χ4n) is 5.39. The van der Waals surface area contributed by atoms with Crippen molar-refractivity contribution in [1.29, 1.82) is 0 Å². The van der Waals surface area contributed by atoms with Crippen LogP contribution in [-0.4, -0.2) is 75.8 Å². The lowest BCUT2D eigenvalue weighted by Crippen LogP contribution is -2.45. The Labute approximate surface area is 239 Å². The summed E-state index contributed by atoms with van der Waals surface area (Å²) in [5, 5.41) is 6.75. The fourth-order valence-corrected chi connectivity index (χ4v) is 5.39. The van der Waals surface area contributed by atoms with Crippen molar-refractivity contribution in [3.63, 3.8) is 0 Å². The lowest BCUT2D eigenvalue weighted by molar-refractivity contribution is -0.132. The second kappa shape index (κ2) is 13.0. The molecule has 0 saturated carbocycles.